The van der Waals surface area contributed by atoms with Gasteiger partial charge in [0.1, 0.15) is 11.5 Å². The summed E-state index contributed by atoms with van der Waals surface area (Å²) in [5, 5.41) is 19.7. The summed E-state index contributed by atoms with van der Waals surface area (Å²) in [6.45, 7) is 0. The molecule has 0 aliphatic heterocycles. The fourth-order valence-corrected chi connectivity index (χ4v) is 1.86. The molecule has 9 heteroatoms. The van der Waals surface area contributed by atoms with E-state index in [2.05, 4.69) is 0 Å². The number of nitrogens with one attached hydrogen (secondary N) is 2. The highest BCUT2D eigenvalue weighted by Crippen LogP contribution is 2.18. The van der Waals surface area contributed by atoms with E-state index in [4.69, 9.17) is 5.84 Å². The third-order valence-electron chi connectivity index (χ3n) is 3.03. The zero-order valence-corrected chi connectivity index (χ0v) is 12.3. The largest absolute Gasteiger partial charge is 0.507 e. The Labute approximate surface area is 136 Å². The maximum Gasteiger partial charge on any atom is 0.357 e. The van der Waals surface area contributed by atoms with Crippen LogP contribution in [0.25, 0.3) is 0 Å². The lowest BCUT2D eigenvalue weighted by molar-refractivity contribution is 0.0642. The second-order valence-electron chi connectivity index (χ2n) is 4.57. The molecule has 2 aromatic carbocycles. The monoisotopic (exact) mass is 330 g/mol. The molecule has 0 aromatic heterocycles. The van der Waals surface area contributed by atoms with Gasteiger partial charge in [0.15, 0.2) is 0 Å². The highest BCUT2D eigenvalue weighted by atomic mass is 16.3. The van der Waals surface area contributed by atoms with Crippen LogP contribution < -0.4 is 16.7 Å². The number of urea groups is 1. The van der Waals surface area contributed by atoms with Gasteiger partial charge in [-0.2, -0.15) is 5.01 Å². The van der Waals surface area contributed by atoms with Crippen molar-refractivity contribution >= 4 is 17.8 Å². The normalized spacial score (nSPS) is 9.88. The Kier molecular flexibility index (Phi) is 4.97. The topological polar surface area (TPSA) is 145 Å². The van der Waals surface area contributed by atoms with E-state index in [0.717, 1.165) is 0 Å². The Morgan fingerprint density at radius 3 is 1.88 bits per heavy atom. The number of rotatable bonds is 2. The fourth-order valence-electron chi connectivity index (χ4n) is 1.86. The number of nitrogens with zero attached hydrogens (tertiary/aromatic N) is 1. The molecule has 0 spiro atoms. The van der Waals surface area contributed by atoms with E-state index in [-0.39, 0.29) is 22.6 Å². The van der Waals surface area contributed by atoms with E-state index < -0.39 is 17.8 Å². The number of aromatic hydroxyl groups is 2. The van der Waals surface area contributed by atoms with Crippen molar-refractivity contribution in [1.29, 1.82) is 0 Å². The summed E-state index contributed by atoms with van der Waals surface area (Å²) >= 11 is 0. The molecule has 9 nitrogen and oxygen atoms in total. The molecule has 0 radical (unpaired) electrons. The second-order valence-corrected chi connectivity index (χ2v) is 4.57. The van der Waals surface area contributed by atoms with Crippen molar-refractivity contribution in [2.24, 2.45) is 5.84 Å². The fraction of sp³-hybridized carbons (Fsp3) is 0. The number of nitrogens with two attached hydrogens (primary N) is 1. The number of hydrogen-bond acceptors (Lipinski definition) is 6. The summed E-state index contributed by atoms with van der Waals surface area (Å²) < 4.78 is 0. The van der Waals surface area contributed by atoms with E-state index in [1.807, 2.05) is 5.43 Å². The molecular weight excluding hydrogens is 316 g/mol. The van der Waals surface area contributed by atoms with Gasteiger partial charge in [-0.05, 0) is 24.3 Å². The highest BCUT2D eigenvalue weighted by Gasteiger charge is 2.27. The number of benzene rings is 2. The first-order valence-electron chi connectivity index (χ1n) is 6.67. The SMILES string of the molecule is NNC(=O)N(NC(=O)c1ccccc1O)C(=O)c1ccccc1O. The van der Waals surface area contributed by atoms with E-state index in [1.165, 1.54) is 48.5 Å². The van der Waals surface area contributed by atoms with Crippen molar-refractivity contribution in [3.05, 3.63) is 59.7 Å². The summed E-state index contributed by atoms with van der Waals surface area (Å²) in [6.07, 6.45) is 0. The predicted molar refractivity (Wildman–Crippen MR) is 82.6 cm³/mol. The maximum atomic E-state index is 12.4. The smallest absolute Gasteiger partial charge is 0.357 e. The van der Waals surface area contributed by atoms with Crippen LogP contribution in [0.5, 0.6) is 11.5 Å². The molecular formula is C15H14N4O5. The van der Waals surface area contributed by atoms with Gasteiger partial charge in [0, 0.05) is 0 Å². The number of hydrazine groups is 2. The van der Waals surface area contributed by atoms with Gasteiger partial charge in [-0.15, -0.1) is 0 Å². The molecule has 0 saturated carbocycles. The van der Waals surface area contributed by atoms with Gasteiger partial charge in [-0.1, -0.05) is 24.3 Å². The Bertz CT molecular complexity index is 793. The molecule has 0 saturated heterocycles. The zero-order chi connectivity index (χ0) is 17.7. The third-order valence-corrected chi connectivity index (χ3v) is 3.03. The number of carbonyl (C=O) groups is 3. The molecule has 0 heterocycles. The van der Waals surface area contributed by atoms with Crippen molar-refractivity contribution in [1.82, 2.24) is 15.9 Å². The minimum absolute atomic E-state index is 0.155. The van der Waals surface area contributed by atoms with Crippen molar-refractivity contribution < 1.29 is 24.6 Å². The van der Waals surface area contributed by atoms with Crippen LogP contribution in [-0.2, 0) is 0 Å². The number of imide groups is 1. The minimum Gasteiger partial charge on any atom is -0.507 e. The average Bonchev–Trinajstić information content (AvgIpc) is 2.59. The summed E-state index contributed by atoms with van der Waals surface area (Å²) in [5.74, 6) is 2.37. The first-order valence-corrected chi connectivity index (χ1v) is 6.67. The molecule has 0 aliphatic carbocycles. The zero-order valence-electron chi connectivity index (χ0n) is 12.3. The van der Waals surface area contributed by atoms with Crippen LogP contribution >= 0.6 is 0 Å². The Hall–Kier alpha value is -3.59. The van der Waals surface area contributed by atoms with E-state index >= 15 is 0 Å². The number of carbonyl (C=O) groups excluding carboxylic acids is 3. The second kappa shape index (κ2) is 7.11. The molecule has 0 atom stereocenters. The maximum absolute atomic E-state index is 12.4. The molecule has 24 heavy (non-hydrogen) atoms. The van der Waals surface area contributed by atoms with Gasteiger partial charge < -0.3 is 10.2 Å². The number of phenols is 2. The van der Waals surface area contributed by atoms with E-state index in [9.17, 15) is 24.6 Å². The van der Waals surface area contributed by atoms with Gasteiger partial charge in [-0.3, -0.25) is 20.4 Å². The Morgan fingerprint density at radius 1 is 0.875 bits per heavy atom. The van der Waals surface area contributed by atoms with Crippen LogP contribution in [0, 0.1) is 0 Å². The first kappa shape index (κ1) is 16.8. The Balaban J connectivity index is 2.31. The van der Waals surface area contributed by atoms with Gasteiger partial charge in [0.05, 0.1) is 11.1 Å². The molecule has 4 amide bonds. The average molecular weight is 330 g/mol. The van der Waals surface area contributed by atoms with Gasteiger partial charge in [0.25, 0.3) is 11.8 Å². The molecule has 2 aromatic rings. The van der Waals surface area contributed by atoms with Crippen molar-refractivity contribution in [2.75, 3.05) is 0 Å². The number of hydrogen-bond donors (Lipinski definition) is 5. The number of para-hydroxylation sites is 2. The molecule has 0 bridgehead atoms. The molecule has 0 fully saturated rings. The summed E-state index contributed by atoms with van der Waals surface area (Å²) in [5.41, 5.74) is 3.37. The van der Waals surface area contributed by atoms with Crippen molar-refractivity contribution in [3.63, 3.8) is 0 Å². The van der Waals surface area contributed by atoms with Crippen molar-refractivity contribution in [2.45, 2.75) is 0 Å². The standard InChI is InChI=1S/C15H14N4O5/c16-17-15(24)19(14(23)10-6-2-4-8-12(10)21)18-13(22)9-5-1-3-7-11(9)20/h1-8,20-21H,16H2,(H,17,24)(H,18,22). The molecule has 0 unspecified atom stereocenters. The van der Waals surface area contributed by atoms with Crippen LogP contribution in [0.15, 0.2) is 48.5 Å². The highest BCUT2D eigenvalue weighted by molar-refractivity contribution is 6.08. The molecule has 0 aliphatic rings. The quantitative estimate of drug-likeness (QED) is 0.307. The number of phenolic OH excluding ortho intramolecular Hbond substituents is 2. The predicted octanol–water partition coefficient (Wildman–Crippen LogP) is 0.468. The van der Waals surface area contributed by atoms with Gasteiger partial charge in [-0.25, -0.2) is 10.6 Å². The lowest BCUT2D eigenvalue weighted by Crippen LogP contribution is -2.55. The van der Waals surface area contributed by atoms with Crippen LogP contribution in [0.1, 0.15) is 20.7 Å². The third kappa shape index (κ3) is 3.42. The van der Waals surface area contributed by atoms with E-state index in [1.54, 1.807) is 5.43 Å². The molecule has 6 N–H and O–H groups in total. The van der Waals surface area contributed by atoms with Gasteiger partial charge >= 0.3 is 6.03 Å². The molecule has 124 valence electrons. The lowest BCUT2D eigenvalue weighted by Gasteiger charge is -2.21. The summed E-state index contributed by atoms with van der Waals surface area (Å²) in [6, 6.07) is 9.90. The van der Waals surface area contributed by atoms with Gasteiger partial charge in [0.2, 0.25) is 0 Å². The first-order chi connectivity index (χ1) is 11.5. The summed E-state index contributed by atoms with van der Waals surface area (Å²) in [7, 11) is 0. The van der Waals surface area contributed by atoms with Crippen LogP contribution in [0.3, 0.4) is 0 Å². The van der Waals surface area contributed by atoms with Crippen LogP contribution in [0.2, 0.25) is 0 Å². The van der Waals surface area contributed by atoms with Crippen molar-refractivity contribution in [3.8, 4) is 11.5 Å². The Morgan fingerprint density at radius 2 is 1.38 bits per heavy atom. The lowest BCUT2D eigenvalue weighted by atomic mass is 10.2. The van der Waals surface area contributed by atoms with Crippen LogP contribution in [-0.4, -0.2) is 33.1 Å². The van der Waals surface area contributed by atoms with E-state index in [0.29, 0.717) is 5.01 Å². The van der Waals surface area contributed by atoms with Crippen LogP contribution in [0.4, 0.5) is 4.79 Å². The number of amides is 4. The minimum atomic E-state index is -1.13. The molecule has 2 rings (SSSR count). The summed E-state index contributed by atoms with van der Waals surface area (Å²) in [4.78, 5) is 36.4.